The van der Waals surface area contributed by atoms with E-state index in [1.165, 1.54) is 12.1 Å². The second-order valence-corrected chi connectivity index (χ2v) is 3.68. The van der Waals surface area contributed by atoms with Gasteiger partial charge in [0.1, 0.15) is 5.82 Å². The molecule has 0 spiro atoms. The standard InChI is InChI=1S/C10H10ClFN2O4/c11-5-2-1-3-6(12)8(5)14-10(18)13-7(4-15)9(16)17/h1-3,7,15H,4H2,(H,16,17)(H2,13,14,18). The number of para-hydroxylation sites is 1. The van der Waals surface area contributed by atoms with Crippen LogP contribution in [0.1, 0.15) is 0 Å². The lowest BCUT2D eigenvalue weighted by atomic mass is 10.3. The molecule has 0 aliphatic heterocycles. The van der Waals surface area contributed by atoms with Gasteiger partial charge in [-0.1, -0.05) is 17.7 Å². The molecule has 1 aromatic carbocycles. The summed E-state index contributed by atoms with van der Waals surface area (Å²) in [5.41, 5.74) is -0.265. The molecule has 0 aromatic heterocycles. The van der Waals surface area contributed by atoms with Gasteiger partial charge in [0.05, 0.1) is 17.3 Å². The highest BCUT2D eigenvalue weighted by molar-refractivity contribution is 6.33. The van der Waals surface area contributed by atoms with E-state index in [1.54, 1.807) is 0 Å². The fourth-order valence-electron chi connectivity index (χ4n) is 1.11. The van der Waals surface area contributed by atoms with E-state index in [0.29, 0.717) is 0 Å². The summed E-state index contributed by atoms with van der Waals surface area (Å²) in [7, 11) is 0. The van der Waals surface area contributed by atoms with Crippen molar-refractivity contribution in [1.29, 1.82) is 0 Å². The number of aliphatic hydroxyl groups excluding tert-OH is 1. The molecule has 6 nitrogen and oxygen atoms in total. The van der Waals surface area contributed by atoms with Crippen LogP contribution in [0.25, 0.3) is 0 Å². The van der Waals surface area contributed by atoms with E-state index in [-0.39, 0.29) is 10.7 Å². The highest BCUT2D eigenvalue weighted by Gasteiger charge is 2.19. The first kappa shape index (κ1) is 14.2. The number of carbonyl (C=O) groups excluding carboxylic acids is 1. The number of amides is 2. The van der Waals surface area contributed by atoms with Gasteiger partial charge in [-0.3, -0.25) is 0 Å². The van der Waals surface area contributed by atoms with Gasteiger partial charge in [-0.15, -0.1) is 0 Å². The Hall–Kier alpha value is -1.86. The third-order valence-electron chi connectivity index (χ3n) is 1.99. The van der Waals surface area contributed by atoms with Gasteiger partial charge in [0, 0.05) is 0 Å². The Morgan fingerprint density at radius 2 is 2.11 bits per heavy atom. The van der Waals surface area contributed by atoms with E-state index in [9.17, 15) is 14.0 Å². The molecule has 1 unspecified atom stereocenters. The van der Waals surface area contributed by atoms with Gasteiger partial charge < -0.3 is 20.8 Å². The predicted octanol–water partition coefficient (Wildman–Crippen LogP) is 1.05. The lowest BCUT2D eigenvalue weighted by Gasteiger charge is -2.13. The summed E-state index contributed by atoms with van der Waals surface area (Å²) < 4.78 is 13.3. The number of anilines is 1. The molecule has 0 radical (unpaired) electrons. The molecule has 8 heteroatoms. The van der Waals surface area contributed by atoms with Crippen molar-refractivity contribution in [2.24, 2.45) is 0 Å². The van der Waals surface area contributed by atoms with Crippen LogP contribution in [0.4, 0.5) is 14.9 Å². The van der Waals surface area contributed by atoms with Crippen LogP contribution in [-0.2, 0) is 4.79 Å². The predicted molar refractivity (Wildman–Crippen MR) is 62.1 cm³/mol. The molecule has 98 valence electrons. The van der Waals surface area contributed by atoms with Crippen LogP contribution in [-0.4, -0.2) is 34.9 Å². The number of nitrogens with one attached hydrogen (secondary N) is 2. The van der Waals surface area contributed by atoms with Gasteiger partial charge in [-0.2, -0.15) is 0 Å². The van der Waals surface area contributed by atoms with Gasteiger partial charge in [-0.05, 0) is 12.1 Å². The summed E-state index contributed by atoms with van der Waals surface area (Å²) in [6.45, 7) is -0.784. The molecular formula is C10H10ClFN2O4. The number of hydrogen-bond donors (Lipinski definition) is 4. The van der Waals surface area contributed by atoms with Crippen LogP contribution in [0.5, 0.6) is 0 Å². The summed E-state index contributed by atoms with van der Waals surface area (Å²) >= 11 is 5.66. The van der Waals surface area contributed by atoms with Crippen molar-refractivity contribution in [1.82, 2.24) is 5.32 Å². The Balaban J connectivity index is 2.73. The third-order valence-corrected chi connectivity index (χ3v) is 2.30. The van der Waals surface area contributed by atoms with Crippen molar-refractivity contribution in [3.8, 4) is 0 Å². The van der Waals surface area contributed by atoms with Crippen LogP contribution < -0.4 is 10.6 Å². The molecule has 0 aliphatic carbocycles. The molecule has 1 atom stereocenters. The summed E-state index contributed by atoms with van der Waals surface area (Å²) in [6, 6.07) is 1.34. The van der Waals surface area contributed by atoms with E-state index in [4.69, 9.17) is 21.8 Å². The number of carboxylic acid groups (broad SMARTS) is 1. The van der Waals surface area contributed by atoms with E-state index in [2.05, 4.69) is 5.32 Å². The van der Waals surface area contributed by atoms with E-state index >= 15 is 0 Å². The van der Waals surface area contributed by atoms with Crippen LogP contribution >= 0.6 is 11.6 Å². The molecule has 1 aromatic rings. The second kappa shape index (κ2) is 6.18. The van der Waals surface area contributed by atoms with Crippen molar-refractivity contribution in [2.75, 3.05) is 11.9 Å². The first-order valence-electron chi connectivity index (χ1n) is 4.81. The van der Waals surface area contributed by atoms with Crippen molar-refractivity contribution in [3.05, 3.63) is 29.0 Å². The number of aliphatic hydroxyl groups is 1. The monoisotopic (exact) mass is 276 g/mol. The van der Waals surface area contributed by atoms with Gasteiger partial charge in [0.2, 0.25) is 0 Å². The number of hydrogen-bond acceptors (Lipinski definition) is 3. The number of carboxylic acids is 1. The fourth-order valence-corrected chi connectivity index (χ4v) is 1.32. The van der Waals surface area contributed by atoms with E-state index in [1.807, 2.05) is 5.32 Å². The van der Waals surface area contributed by atoms with Gasteiger partial charge in [0.25, 0.3) is 0 Å². The molecule has 0 fully saturated rings. The second-order valence-electron chi connectivity index (χ2n) is 3.27. The zero-order valence-corrected chi connectivity index (χ0v) is 9.74. The molecule has 2 amide bonds. The van der Waals surface area contributed by atoms with Crippen molar-refractivity contribution < 1.29 is 24.2 Å². The Morgan fingerprint density at radius 3 is 2.61 bits per heavy atom. The number of urea groups is 1. The Labute approximate surface area is 106 Å². The number of halogens is 2. The first-order valence-corrected chi connectivity index (χ1v) is 5.18. The zero-order chi connectivity index (χ0) is 13.7. The van der Waals surface area contributed by atoms with Crippen LogP contribution in [0.2, 0.25) is 5.02 Å². The van der Waals surface area contributed by atoms with Crippen LogP contribution in [0, 0.1) is 5.82 Å². The average molecular weight is 277 g/mol. The Kier molecular flexibility index (Phi) is 4.87. The van der Waals surface area contributed by atoms with Crippen LogP contribution in [0.3, 0.4) is 0 Å². The Morgan fingerprint density at radius 1 is 1.44 bits per heavy atom. The maximum atomic E-state index is 13.3. The number of benzene rings is 1. The number of aliphatic carboxylic acids is 1. The SMILES string of the molecule is O=C(Nc1c(F)cccc1Cl)NC(CO)C(=O)O. The maximum absolute atomic E-state index is 13.3. The van der Waals surface area contributed by atoms with Crippen molar-refractivity contribution in [2.45, 2.75) is 6.04 Å². The molecule has 0 bridgehead atoms. The molecule has 0 saturated carbocycles. The molecule has 0 heterocycles. The topological polar surface area (TPSA) is 98.7 Å². The number of rotatable bonds is 4. The van der Waals surface area contributed by atoms with Crippen molar-refractivity contribution in [3.63, 3.8) is 0 Å². The minimum absolute atomic E-state index is 0.0268. The van der Waals surface area contributed by atoms with E-state index in [0.717, 1.165) is 6.07 Å². The fraction of sp³-hybridized carbons (Fsp3) is 0.200. The summed E-state index contributed by atoms with van der Waals surface area (Å²) in [4.78, 5) is 21.9. The molecule has 0 saturated heterocycles. The minimum atomic E-state index is -1.48. The molecular weight excluding hydrogens is 267 g/mol. The summed E-state index contributed by atoms with van der Waals surface area (Å²) in [6.07, 6.45) is 0. The van der Waals surface area contributed by atoms with Gasteiger partial charge in [-0.25, -0.2) is 14.0 Å². The quantitative estimate of drug-likeness (QED) is 0.660. The van der Waals surface area contributed by atoms with Gasteiger partial charge >= 0.3 is 12.0 Å². The lowest BCUT2D eigenvalue weighted by Crippen LogP contribution is -2.45. The molecule has 1 rings (SSSR count). The maximum Gasteiger partial charge on any atom is 0.328 e. The molecule has 18 heavy (non-hydrogen) atoms. The van der Waals surface area contributed by atoms with Crippen molar-refractivity contribution >= 4 is 29.3 Å². The Bertz CT molecular complexity index is 449. The average Bonchev–Trinajstić information content (AvgIpc) is 2.30. The smallest absolute Gasteiger partial charge is 0.328 e. The summed E-state index contributed by atoms with van der Waals surface area (Å²) in [5, 5.41) is 21.3. The van der Waals surface area contributed by atoms with Gasteiger partial charge in [0.15, 0.2) is 6.04 Å². The highest BCUT2D eigenvalue weighted by atomic mass is 35.5. The van der Waals surface area contributed by atoms with E-state index < -0.39 is 30.5 Å². The third kappa shape index (κ3) is 3.57. The minimum Gasteiger partial charge on any atom is -0.480 e. The zero-order valence-electron chi connectivity index (χ0n) is 8.98. The largest absolute Gasteiger partial charge is 0.480 e. The molecule has 0 aliphatic rings. The molecule has 4 N–H and O–H groups in total. The summed E-state index contributed by atoms with van der Waals surface area (Å²) in [5.74, 6) is -2.17. The number of carbonyl (C=O) groups is 2. The first-order chi connectivity index (χ1) is 8.45. The lowest BCUT2D eigenvalue weighted by molar-refractivity contribution is -0.140. The highest BCUT2D eigenvalue weighted by Crippen LogP contribution is 2.24. The van der Waals surface area contributed by atoms with Crippen LogP contribution in [0.15, 0.2) is 18.2 Å². The normalized spacial score (nSPS) is 11.7.